The summed E-state index contributed by atoms with van der Waals surface area (Å²) < 4.78 is 5.28. The van der Waals surface area contributed by atoms with Gasteiger partial charge in [-0.2, -0.15) is 0 Å². The number of hydrogen-bond acceptors (Lipinski definition) is 4. The van der Waals surface area contributed by atoms with Crippen molar-refractivity contribution in [2.75, 3.05) is 20.2 Å². The molecule has 1 fully saturated rings. The van der Waals surface area contributed by atoms with Gasteiger partial charge in [0.1, 0.15) is 0 Å². The average Bonchev–Trinajstić information content (AvgIpc) is 2.94. The van der Waals surface area contributed by atoms with E-state index in [9.17, 15) is 0 Å². The van der Waals surface area contributed by atoms with Gasteiger partial charge < -0.3 is 4.74 Å². The van der Waals surface area contributed by atoms with Crippen LogP contribution < -0.4 is 4.74 Å². The molecule has 2 aliphatic heterocycles. The summed E-state index contributed by atoms with van der Waals surface area (Å²) in [6.45, 7) is 6.47. The number of pyridine rings is 1. The maximum atomic E-state index is 5.28. The molecule has 1 aromatic carbocycles. The predicted molar refractivity (Wildman–Crippen MR) is 90.3 cm³/mol. The minimum absolute atomic E-state index is 0.455. The summed E-state index contributed by atoms with van der Waals surface area (Å²) in [5, 5.41) is 0. The minimum Gasteiger partial charge on any atom is -0.481 e. The summed E-state index contributed by atoms with van der Waals surface area (Å²) in [5.41, 5.74) is 3.94. The van der Waals surface area contributed by atoms with Crippen molar-refractivity contribution in [3.63, 3.8) is 0 Å². The van der Waals surface area contributed by atoms with Gasteiger partial charge in [0, 0.05) is 38.3 Å². The van der Waals surface area contributed by atoms with Crippen molar-refractivity contribution in [3.8, 4) is 5.88 Å². The summed E-state index contributed by atoms with van der Waals surface area (Å²) in [7, 11) is 1.68. The van der Waals surface area contributed by atoms with Crippen LogP contribution in [0.2, 0.25) is 0 Å². The van der Waals surface area contributed by atoms with Crippen molar-refractivity contribution in [1.82, 2.24) is 14.8 Å². The molecular formula is C19H23N3O. The molecule has 0 spiro atoms. The molecule has 4 rings (SSSR count). The third kappa shape index (κ3) is 2.73. The van der Waals surface area contributed by atoms with Crippen LogP contribution in [-0.2, 0) is 13.1 Å². The molecular weight excluding hydrogens is 286 g/mol. The van der Waals surface area contributed by atoms with Crippen molar-refractivity contribution < 1.29 is 4.74 Å². The van der Waals surface area contributed by atoms with Crippen LogP contribution in [0.3, 0.4) is 0 Å². The number of aromatic nitrogens is 1. The summed E-state index contributed by atoms with van der Waals surface area (Å²) >= 11 is 0. The molecule has 0 amide bonds. The van der Waals surface area contributed by atoms with Gasteiger partial charge in [0.25, 0.3) is 0 Å². The van der Waals surface area contributed by atoms with Gasteiger partial charge in [-0.05, 0) is 18.1 Å². The molecule has 0 N–H and O–H groups in total. The number of hydrogen-bond donors (Lipinski definition) is 0. The summed E-state index contributed by atoms with van der Waals surface area (Å²) in [5.74, 6) is 0.720. The van der Waals surface area contributed by atoms with Gasteiger partial charge in [-0.25, -0.2) is 4.98 Å². The number of rotatable bonds is 3. The van der Waals surface area contributed by atoms with E-state index in [-0.39, 0.29) is 0 Å². The second kappa shape index (κ2) is 5.95. The highest BCUT2D eigenvalue weighted by Crippen LogP contribution is 2.38. The summed E-state index contributed by atoms with van der Waals surface area (Å²) in [6.07, 6.45) is 0. The molecule has 0 bridgehead atoms. The predicted octanol–water partition coefficient (Wildman–Crippen LogP) is 2.85. The van der Waals surface area contributed by atoms with Crippen LogP contribution in [-0.4, -0.2) is 41.0 Å². The second-order valence-electron chi connectivity index (χ2n) is 6.61. The molecule has 4 nitrogen and oxygen atoms in total. The van der Waals surface area contributed by atoms with E-state index in [0.717, 1.165) is 32.1 Å². The van der Waals surface area contributed by atoms with E-state index >= 15 is 0 Å². The smallest absolute Gasteiger partial charge is 0.213 e. The van der Waals surface area contributed by atoms with E-state index in [1.54, 1.807) is 7.11 Å². The molecule has 4 heteroatoms. The number of methoxy groups -OCH3 is 1. The molecule has 0 unspecified atom stereocenters. The highest BCUT2D eigenvalue weighted by Gasteiger charge is 2.39. The zero-order chi connectivity index (χ0) is 15.8. The lowest BCUT2D eigenvalue weighted by Gasteiger charge is -2.42. The molecule has 0 aliphatic carbocycles. The van der Waals surface area contributed by atoms with E-state index in [1.165, 1.54) is 16.8 Å². The first-order valence-electron chi connectivity index (χ1n) is 8.30. The normalized spacial score (nSPS) is 24.3. The van der Waals surface area contributed by atoms with Crippen molar-refractivity contribution in [1.29, 1.82) is 0 Å². The number of piperazine rings is 1. The molecule has 3 heterocycles. The maximum absolute atomic E-state index is 5.28. The number of benzene rings is 1. The van der Waals surface area contributed by atoms with Crippen molar-refractivity contribution in [2.45, 2.75) is 32.1 Å². The van der Waals surface area contributed by atoms with Crippen LogP contribution in [0, 0.1) is 0 Å². The fraction of sp³-hybridized carbons (Fsp3) is 0.421. The minimum atomic E-state index is 0.455. The molecule has 120 valence electrons. The first kappa shape index (κ1) is 14.7. The van der Waals surface area contributed by atoms with Crippen LogP contribution in [0.5, 0.6) is 5.88 Å². The maximum Gasteiger partial charge on any atom is 0.213 e. The van der Waals surface area contributed by atoms with Gasteiger partial charge in [0.2, 0.25) is 5.88 Å². The van der Waals surface area contributed by atoms with Crippen LogP contribution in [0.15, 0.2) is 42.5 Å². The van der Waals surface area contributed by atoms with E-state index in [2.05, 4.69) is 58.1 Å². The Kier molecular flexibility index (Phi) is 3.79. The Labute approximate surface area is 137 Å². The standard InChI is InChI=1S/C19H23N3O/c1-14-10-21(11-15-6-4-3-5-7-15)13-18-16-8-9-19(23-2)20-17(16)12-22(14)18/h3-9,14,18H,10-13H2,1-2H3/t14-,18-/m1/s1. The van der Waals surface area contributed by atoms with Crippen molar-refractivity contribution in [3.05, 3.63) is 59.3 Å². The average molecular weight is 309 g/mol. The number of nitrogens with zero attached hydrogens (tertiary/aromatic N) is 3. The van der Waals surface area contributed by atoms with Gasteiger partial charge in [-0.3, -0.25) is 9.80 Å². The van der Waals surface area contributed by atoms with Crippen molar-refractivity contribution >= 4 is 0 Å². The molecule has 23 heavy (non-hydrogen) atoms. The number of ether oxygens (including phenoxy) is 1. The highest BCUT2D eigenvalue weighted by atomic mass is 16.5. The lowest BCUT2D eigenvalue weighted by atomic mass is 10.0. The Morgan fingerprint density at radius 3 is 2.74 bits per heavy atom. The lowest BCUT2D eigenvalue weighted by molar-refractivity contribution is 0.0336. The first-order chi connectivity index (χ1) is 11.2. The highest BCUT2D eigenvalue weighted by molar-refractivity contribution is 5.33. The largest absolute Gasteiger partial charge is 0.481 e. The second-order valence-corrected chi connectivity index (χ2v) is 6.61. The zero-order valence-corrected chi connectivity index (χ0v) is 13.8. The van der Waals surface area contributed by atoms with Gasteiger partial charge in [0.15, 0.2) is 0 Å². The number of fused-ring (bicyclic) bond motifs is 3. The Morgan fingerprint density at radius 1 is 1.13 bits per heavy atom. The van der Waals surface area contributed by atoms with Crippen molar-refractivity contribution in [2.24, 2.45) is 0 Å². The van der Waals surface area contributed by atoms with Crippen LogP contribution in [0.4, 0.5) is 0 Å². The summed E-state index contributed by atoms with van der Waals surface area (Å²) in [4.78, 5) is 9.81. The van der Waals surface area contributed by atoms with Crippen LogP contribution in [0.25, 0.3) is 0 Å². The zero-order valence-electron chi connectivity index (χ0n) is 13.8. The third-order valence-electron chi connectivity index (χ3n) is 5.05. The fourth-order valence-electron chi connectivity index (χ4n) is 3.93. The molecule has 0 radical (unpaired) electrons. The Hall–Kier alpha value is -1.91. The van der Waals surface area contributed by atoms with Gasteiger partial charge in [-0.1, -0.05) is 36.4 Å². The Balaban J connectivity index is 1.56. The van der Waals surface area contributed by atoms with E-state index in [1.807, 2.05) is 6.07 Å². The quantitative estimate of drug-likeness (QED) is 0.872. The monoisotopic (exact) mass is 309 g/mol. The SMILES string of the molecule is COc1ccc2c(n1)CN1[C@H](C)CN(Cc3ccccc3)C[C@H]21. The molecule has 1 saturated heterocycles. The lowest BCUT2D eigenvalue weighted by Crippen LogP contribution is -2.50. The molecule has 2 atom stereocenters. The van der Waals surface area contributed by atoms with Gasteiger partial charge in [0.05, 0.1) is 18.8 Å². The molecule has 2 aliphatic rings. The van der Waals surface area contributed by atoms with Crippen LogP contribution in [0.1, 0.15) is 29.8 Å². The summed E-state index contributed by atoms with van der Waals surface area (Å²) in [6, 6.07) is 15.9. The van der Waals surface area contributed by atoms with E-state index < -0.39 is 0 Å². The van der Waals surface area contributed by atoms with E-state index in [4.69, 9.17) is 4.74 Å². The molecule has 1 aromatic heterocycles. The first-order valence-corrected chi connectivity index (χ1v) is 8.30. The van der Waals surface area contributed by atoms with E-state index in [0.29, 0.717) is 12.1 Å². The molecule has 2 aromatic rings. The fourth-order valence-corrected chi connectivity index (χ4v) is 3.93. The van der Waals surface area contributed by atoms with Crippen LogP contribution >= 0.6 is 0 Å². The van der Waals surface area contributed by atoms with Gasteiger partial charge in [-0.15, -0.1) is 0 Å². The topological polar surface area (TPSA) is 28.6 Å². The Morgan fingerprint density at radius 2 is 1.96 bits per heavy atom. The van der Waals surface area contributed by atoms with Gasteiger partial charge >= 0.3 is 0 Å². The third-order valence-corrected chi connectivity index (χ3v) is 5.05. The Bertz CT molecular complexity index is 688. The molecule has 0 saturated carbocycles.